The molecule has 2 saturated heterocycles. The fraction of sp³-hybridized carbons (Fsp3) is 0.455. The van der Waals surface area contributed by atoms with E-state index in [9.17, 15) is 29.1 Å². The lowest BCUT2D eigenvalue weighted by atomic mass is 9.97. The first kappa shape index (κ1) is 33.9. The predicted molar refractivity (Wildman–Crippen MR) is 171 cm³/mol. The molecule has 0 radical (unpaired) electrons. The smallest absolute Gasteiger partial charge is 0.305 e. The Balaban J connectivity index is 1.41. The molecule has 0 aromatic heterocycles. The Hall–Kier alpha value is -4.94. The number of carbonyl (C=O) groups excluding carboxylic acids is 4. The first-order chi connectivity index (χ1) is 22.1. The summed E-state index contributed by atoms with van der Waals surface area (Å²) in [7, 11) is 0. The molecule has 0 saturated carbocycles. The zero-order valence-electron chi connectivity index (χ0n) is 25.8. The van der Waals surface area contributed by atoms with Crippen LogP contribution in [0.25, 0.3) is 0 Å². The maximum absolute atomic E-state index is 13.7. The summed E-state index contributed by atoms with van der Waals surface area (Å²) in [5.74, 6) is -2.90. The Morgan fingerprint density at radius 1 is 0.891 bits per heavy atom. The number of nitrogens with two attached hydrogens (primary N) is 2. The van der Waals surface area contributed by atoms with Crippen molar-refractivity contribution in [1.29, 1.82) is 0 Å². The number of fused-ring (bicyclic) bond motifs is 1. The van der Waals surface area contributed by atoms with Crippen LogP contribution in [0.2, 0.25) is 0 Å². The van der Waals surface area contributed by atoms with Gasteiger partial charge in [0.2, 0.25) is 23.6 Å². The minimum absolute atomic E-state index is 0.0414. The summed E-state index contributed by atoms with van der Waals surface area (Å²) >= 11 is 0. The van der Waals surface area contributed by atoms with Gasteiger partial charge in [-0.2, -0.15) is 0 Å². The molecular weight excluding hydrogens is 590 g/mol. The van der Waals surface area contributed by atoms with Crippen molar-refractivity contribution in [2.45, 2.75) is 88.0 Å². The van der Waals surface area contributed by atoms with Gasteiger partial charge in [-0.1, -0.05) is 60.7 Å². The van der Waals surface area contributed by atoms with Gasteiger partial charge in [-0.25, -0.2) is 0 Å². The number of carbonyl (C=O) groups is 5. The Morgan fingerprint density at radius 2 is 1.54 bits per heavy atom. The maximum atomic E-state index is 13.7. The summed E-state index contributed by atoms with van der Waals surface area (Å²) in [5.41, 5.74) is 12.8. The number of aryl methyl sites for hydroxylation is 1. The third-order valence-corrected chi connectivity index (χ3v) is 8.43. The molecule has 0 spiro atoms. The van der Waals surface area contributed by atoms with Gasteiger partial charge in [-0.15, -0.1) is 0 Å². The third-order valence-electron chi connectivity index (χ3n) is 8.43. The number of hydrogen-bond acceptors (Lipinski definition) is 6. The summed E-state index contributed by atoms with van der Waals surface area (Å²) in [5, 5.41) is 17.9. The molecule has 2 aromatic carbocycles. The van der Waals surface area contributed by atoms with Gasteiger partial charge >= 0.3 is 5.97 Å². The minimum atomic E-state index is -1.08. The number of piperidine rings is 1. The molecule has 4 amide bonds. The topological polar surface area (TPSA) is 209 Å². The molecule has 2 aliphatic rings. The molecule has 4 rings (SSSR count). The molecule has 5 atom stereocenters. The molecule has 13 heteroatoms. The van der Waals surface area contributed by atoms with Crippen LogP contribution in [0.3, 0.4) is 0 Å². The normalized spacial score (nSPS) is 20.1. The molecule has 13 nitrogen and oxygen atoms in total. The molecule has 2 heterocycles. The van der Waals surface area contributed by atoms with Crippen LogP contribution in [0.4, 0.5) is 0 Å². The number of aliphatic carboxylic acids is 1. The number of benzene rings is 2. The van der Waals surface area contributed by atoms with Gasteiger partial charge in [-0.05, 0) is 56.1 Å². The number of guanidine groups is 1. The molecular formula is C33H43N7O6. The predicted octanol–water partition coefficient (Wildman–Crippen LogP) is 0.608. The van der Waals surface area contributed by atoms with E-state index in [1.54, 1.807) is 4.90 Å². The van der Waals surface area contributed by atoms with Gasteiger partial charge in [0.05, 0.1) is 12.8 Å². The van der Waals surface area contributed by atoms with Crippen LogP contribution in [0.15, 0.2) is 65.7 Å². The zero-order chi connectivity index (χ0) is 33.1. The number of aliphatic imine (C=N–C) groups is 1. The lowest BCUT2D eigenvalue weighted by Gasteiger charge is -2.38. The van der Waals surface area contributed by atoms with Gasteiger partial charge < -0.3 is 37.4 Å². The molecule has 1 unspecified atom stereocenters. The molecule has 2 fully saturated rings. The Kier molecular flexibility index (Phi) is 12.1. The Bertz CT molecular complexity index is 1400. The van der Waals surface area contributed by atoms with Gasteiger partial charge in [0.1, 0.15) is 18.1 Å². The van der Waals surface area contributed by atoms with E-state index >= 15 is 0 Å². The van der Waals surface area contributed by atoms with Crippen molar-refractivity contribution >= 4 is 35.6 Å². The highest BCUT2D eigenvalue weighted by Gasteiger charge is 2.46. The van der Waals surface area contributed by atoms with Crippen molar-refractivity contribution in [1.82, 2.24) is 20.9 Å². The Morgan fingerprint density at radius 3 is 2.20 bits per heavy atom. The lowest BCUT2D eigenvalue weighted by molar-refractivity contribution is -0.146. The van der Waals surface area contributed by atoms with Crippen LogP contribution >= 0.6 is 0 Å². The largest absolute Gasteiger partial charge is 0.481 e. The van der Waals surface area contributed by atoms with Gasteiger partial charge in [0.15, 0.2) is 5.96 Å². The summed E-state index contributed by atoms with van der Waals surface area (Å²) < 4.78 is 0. The van der Waals surface area contributed by atoms with Crippen LogP contribution in [-0.2, 0) is 36.8 Å². The first-order valence-electron chi connectivity index (χ1n) is 15.7. The van der Waals surface area contributed by atoms with Crippen LogP contribution in [0.1, 0.15) is 56.1 Å². The van der Waals surface area contributed by atoms with E-state index in [1.165, 1.54) is 0 Å². The lowest BCUT2D eigenvalue weighted by Crippen LogP contribution is -2.60. The van der Waals surface area contributed by atoms with Crippen molar-refractivity contribution in [3.05, 3.63) is 71.8 Å². The van der Waals surface area contributed by atoms with E-state index in [-0.39, 0.29) is 49.6 Å². The number of carboxylic acid groups (broad SMARTS) is 1. The van der Waals surface area contributed by atoms with Crippen LogP contribution < -0.4 is 27.4 Å². The fourth-order valence-electron chi connectivity index (χ4n) is 6.16. The molecule has 0 aliphatic carbocycles. The molecule has 8 N–H and O–H groups in total. The monoisotopic (exact) mass is 633 g/mol. The van der Waals surface area contributed by atoms with Crippen molar-refractivity contribution in [3.63, 3.8) is 0 Å². The second kappa shape index (κ2) is 16.4. The van der Waals surface area contributed by atoms with E-state index in [1.807, 2.05) is 60.7 Å². The standard InChI is InChI=1S/C33H43N7O6/c34-33(35)36-18-17-25(30(44)37-23(20-29(42)43)12-11-21-7-3-1-4-8-21)39-31(45)27-16-14-24-13-15-26(32(46)40(24)27)38-28(41)19-22-9-5-2-6-10-22/h1-10,23-27H,11-20H2,(H,37,44)(H,38,41)(H,39,45)(H,42,43)(H4,34,35,36)/t23-,24+,25+,26?,27+/m1/s1. The fourth-order valence-corrected chi connectivity index (χ4v) is 6.16. The highest BCUT2D eigenvalue weighted by atomic mass is 16.4. The number of carboxylic acids is 1. The molecule has 246 valence electrons. The third kappa shape index (κ3) is 9.78. The van der Waals surface area contributed by atoms with Gasteiger partial charge in [0, 0.05) is 18.6 Å². The molecule has 46 heavy (non-hydrogen) atoms. The van der Waals surface area contributed by atoms with Crippen molar-refractivity contribution < 1.29 is 29.1 Å². The van der Waals surface area contributed by atoms with Gasteiger partial charge in [-0.3, -0.25) is 29.0 Å². The summed E-state index contributed by atoms with van der Waals surface area (Å²) in [4.78, 5) is 70.5. The number of rotatable bonds is 15. The average molecular weight is 634 g/mol. The second-order valence-electron chi connectivity index (χ2n) is 11.8. The number of nitrogens with zero attached hydrogens (tertiary/aromatic N) is 2. The maximum Gasteiger partial charge on any atom is 0.305 e. The first-order valence-corrected chi connectivity index (χ1v) is 15.7. The van der Waals surface area contributed by atoms with Crippen LogP contribution in [0, 0.1) is 0 Å². The van der Waals surface area contributed by atoms with E-state index in [4.69, 9.17) is 11.5 Å². The van der Waals surface area contributed by atoms with E-state index in [0.29, 0.717) is 38.5 Å². The number of amides is 4. The van der Waals surface area contributed by atoms with Crippen molar-refractivity contribution in [3.8, 4) is 0 Å². The zero-order valence-corrected chi connectivity index (χ0v) is 25.8. The average Bonchev–Trinajstić information content (AvgIpc) is 3.46. The van der Waals surface area contributed by atoms with Crippen LogP contribution in [-0.4, -0.2) is 82.3 Å². The molecule has 2 aromatic rings. The van der Waals surface area contributed by atoms with Crippen molar-refractivity contribution in [2.24, 2.45) is 16.5 Å². The van der Waals surface area contributed by atoms with E-state index in [2.05, 4.69) is 20.9 Å². The van der Waals surface area contributed by atoms with Gasteiger partial charge in [0.25, 0.3) is 0 Å². The summed E-state index contributed by atoms with van der Waals surface area (Å²) in [6, 6.07) is 15.3. The van der Waals surface area contributed by atoms with E-state index in [0.717, 1.165) is 11.1 Å². The van der Waals surface area contributed by atoms with Crippen molar-refractivity contribution in [2.75, 3.05) is 6.54 Å². The number of hydrogen-bond donors (Lipinski definition) is 6. The summed E-state index contributed by atoms with van der Waals surface area (Å²) in [6.45, 7) is 0.0414. The highest BCUT2D eigenvalue weighted by molar-refractivity contribution is 5.95. The number of nitrogens with one attached hydrogen (secondary N) is 3. The van der Waals surface area contributed by atoms with Crippen LogP contribution in [0.5, 0.6) is 0 Å². The summed E-state index contributed by atoms with van der Waals surface area (Å²) in [6.07, 6.45) is 2.97. The second-order valence-corrected chi connectivity index (χ2v) is 11.8. The molecule has 2 aliphatic heterocycles. The van der Waals surface area contributed by atoms with E-state index < -0.39 is 42.0 Å². The minimum Gasteiger partial charge on any atom is -0.481 e. The SMILES string of the molecule is NC(N)=NCC[C@H](NC(=O)[C@@H]1CC[C@@H]2CCC(NC(=O)Cc3ccccc3)C(=O)N21)C(=O)N[C@H](CCc1ccccc1)CC(=O)O. The Labute approximate surface area is 268 Å². The highest BCUT2D eigenvalue weighted by Crippen LogP contribution is 2.33. The quantitative estimate of drug-likeness (QED) is 0.121. The molecule has 0 bridgehead atoms.